The van der Waals surface area contributed by atoms with Crippen LogP contribution in [0.5, 0.6) is 5.88 Å². The maximum absolute atomic E-state index is 8.93. The Balaban J connectivity index is 2.16. The summed E-state index contributed by atoms with van der Waals surface area (Å²) in [7, 11) is 0. The quantitative estimate of drug-likeness (QED) is 0.827. The molecule has 0 amide bonds. The van der Waals surface area contributed by atoms with E-state index in [0.717, 1.165) is 17.3 Å². The number of hydrogen-bond donors (Lipinski definition) is 0. The lowest BCUT2D eigenvalue weighted by molar-refractivity contribution is 0.201. The highest BCUT2D eigenvalue weighted by molar-refractivity contribution is 9.10. The summed E-state index contributed by atoms with van der Waals surface area (Å²) in [5.74, 6) is 0.465. The van der Waals surface area contributed by atoms with Gasteiger partial charge in [-0.1, -0.05) is 0 Å². The first kappa shape index (κ1) is 10.4. The van der Waals surface area contributed by atoms with E-state index < -0.39 is 0 Å². The van der Waals surface area contributed by atoms with E-state index in [0.29, 0.717) is 11.4 Å². The molecule has 0 aromatic carbocycles. The first-order chi connectivity index (χ1) is 7.29. The van der Waals surface area contributed by atoms with Gasteiger partial charge in [-0.2, -0.15) is 5.26 Å². The molecule has 3 nitrogen and oxygen atoms in total. The molecule has 0 bridgehead atoms. The highest BCUT2D eigenvalue weighted by Crippen LogP contribution is 2.26. The molecule has 78 valence electrons. The van der Waals surface area contributed by atoms with Crippen molar-refractivity contribution in [2.45, 2.75) is 31.8 Å². The molecular formula is C11H11BrN2O. The Labute approximate surface area is 97.2 Å². The molecule has 1 aliphatic carbocycles. The number of halogens is 1. The average Bonchev–Trinajstić information content (AvgIpc) is 2.73. The molecular weight excluding hydrogens is 256 g/mol. The average molecular weight is 267 g/mol. The summed E-state index contributed by atoms with van der Waals surface area (Å²) in [5.41, 5.74) is 0.497. The highest BCUT2D eigenvalue weighted by atomic mass is 79.9. The molecule has 2 rings (SSSR count). The number of nitriles is 1. The molecule has 0 N–H and O–H groups in total. The van der Waals surface area contributed by atoms with Crippen LogP contribution in [-0.2, 0) is 0 Å². The second-order valence-corrected chi connectivity index (χ2v) is 4.56. The minimum Gasteiger partial charge on any atom is -0.473 e. The standard InChI is InChI=1S/C11H11BrN2O/c12-9-5-8(6-13)11(14-7-9)15-10-3-1-2-4-10/h5,7,10H,1-4H2. The molecule has 1 aromatic heterocycles. The van der Waals surface area contributed by atoms with Crippen LogP contribution in [0.1, 0.15) is 31.2 Å². The van der Waals surface area contributed by atoms with Gasteiger partial charge in [-0.05, 0) is 47.7 Å². The number of pyridine rings is 1. The van der Waals surface area contributed by atoms with E-state index in [-0.39, 0.29) is 6.10 Å². The topological polar surface area (TPSA) is 45.9 Å². The van der Waals surface area contributed by atoms with Crippen molar-refractivity contribution in [2.24, 2.45) is 0 Å². The van der Waals surface area contributed by atoms with Crippen molar-refractivity contribution in [3.63, 3.8) is 0 Å². The van der Waals surface area contributed by atoms with Gasteiger partial charge < -0.3 is 4.74 Å². The fourth-order valence-corrected chi connectivity index (χ4v) is 2.10. The number of nitrogens with zero attached hydrogens (tertiary/aromatic N) is 2. The van der Waals surface area contributed by atoms with Crippen LogP contribution in [-0.4, -0.2) is 11.1 Å². The molecule has 1 heterocycles. The van der Waals surface area contributed by atoms with Gasteiger partial charge in [-0.25, -0.2) is 4.98 Å². The summed E-state index contributed by atoms with van der Waals surface area (Å²) in [6.07, 6.45) is 6.47. The van der Waals surface area contributed by atoms with Crippen LogP contribution in [0.3, 0.4) is 0 Å². The number of aromatic nitrogens is 1. The third-order valence-electron chi connectivity index (χ3n) is 2.52. The lowest BCUT2D eigenvalue weighted by atomic mass is 10.3. The second kappa shape index (κ2) is 4.63. The van der Waals surface area contributed by atoms with Crippen molar-refractivity contribution >= 4 is 15.9 Å². The predicted molar refractivity (Wildman–Crippen MR) is 59.5 cm³/mol. The lowest BCUT2D eigenvalue weighted by Gasteiger charge is -2.12. The smallest absolute Gasteiger partial charge is 0.231 e. The van der Waals surface area contributed by atoms with Gasteiger partial charge in [0.2, 0.25) is 5.88 Å². The minimum absolute atomic E-state index is 0.241. The highest BCUT2D eigenvalue weighted by Gasteiger charge is 2.18. The van der Waals surface area contributed by atoms with Crippen LogP contribution < -0.4 is 4.74 Å². The lowest BCUT2D eigenvalue weighted by Crippen LogP contribution is -2.12. The molecule has 1 fully saturated rings. The zero-order valence-electron chi connectivity index (χ0n) is 8.24. The Hall–Kier alpha value is -1.08. The van der Waals surface area contributed by atoms with Crippen LogP contribution in [0.15, 0.2) is 16.7 Å². The molecule has 0 radical (unpaired) electrons. The molecule has 0 spiro atoms. The van der Waals surface area contributed by atoms with Crippen molar-refractivity contribution in [2.75, 3.05) is 0 Å². The van der Waals surface area contributed by atoms with Gasteiger partial charge >= 0.3 is 0 Å². The van der Waals surface area contributed by atoms with Gasteiger partial charge in [0, 0.05) is 10.7 Å². The molecule has 15 heavy (non-hydrogen) atoms. The predicted octanol–water partition coefficient (Wildman–Crippen LogP) is 3.04. The van der Waals surface area contributed by atoms with Crippen molar-refractivity contribution in [3.8, 4) is 11.9 Å². The van der Waals surface area contributed by atoms with Crippen LogP contribution >= 0.6 is 15.9 Å². The Bertz CT molecular complexity index is 394. The molecule has 1 saturated carbocycles. The van der Waals surface area contributed by atoms with Crippen molar-refractivity contribution < 1.29 is 4.74 Å². The first-order valence-electron chi connectivity index (χ1n) is 5.02. The van der Waals surface area contributed by atoms with Gasteiger partial charge in [0.05, 0.1) is 0 Å². The maximum Gasteiger partial charge on any atom is 0.231 e. The van der Waals surface area contributed by atoms with E-state index in [9.17, 15) is 0 Å². The monoisotopic (exact) mass is 266 g/mol. The first-order valence-corrected chi connectivity index (χ1v) is 5.81. The van der Waals surface area contributed by atoms with E-state index >= 15 is 0 Å². The molecule has 1 aliphatic rings. The summed E-state index contributed by atoms with van der Waals surface area (Å²) in [5, 5.41) is 8.93. The van der Waals surface area contributed by atoms with Crippen LogP contribution in [0, 0.1) is 11.3 Å². The Morgan fingerprint density at radius 1 is 1.47 bits per heavy atom. The van der Waals surface area contributed by atoms with E-state index in [1.165, 1.54) is 12.8 Å². The van der Waals surface area contributed by atoms with Crippen molar-refractivity contribution in [1.82, 2.24) is 4.98 Å². The fraction of sp³-hybridized carbons (Fsp3) is 0.455. The Kier molecular flexibility index (Phi) is 3.22. The largest absolute Gasteiger partial charge is 0.473 e. The van der Waals surface area contributed by atoms with Gasteiger partial charge in [0.1, 0.15) is 17.7 Å². The summed E-state index contributed by atoms with van der Waals surface area (Å²) < 4.78 is 6.50. The third-order valence-corrected chi connectivity index (χ3v) is 2.95. The summed E-state index contributed by atoms with van der Waals surface area (Å²) >= 11 is 3.28. The van der Waals surface area contributed by atoms with Crippen molar-refractivity contribution in [1.29, 1.82) is 5.26 Å². The van der Waals surface area contributed by atoms with Gasteiger partial charge in [-0.15, -0.1) is 0 Å². The number of rotatable bonds is 2. The molecule has 0 atom stereocenters. The third kappa shape index (κ3) is 2.48. The van der Waals surface area contributed by atoms with E-state index in [1.807, 2.05) is 0 Å². The maximum atomic E-state index is 8.93. The minimum atomic E-state index is 0.241. The second-order valence-electron chi connectivity index (χ2n) is 3.64. The molecule has 0 unspecified atom stereocenters. The van der Waals surface area contributed by atoms with Gasteiger partial charge in [0.15, 0.2) is 0 Å². The SMILES string of the molecule is N#Cc1cc(Br)cnc1OC1CCCC1. The fourth-order valence-electron chi connectivity index (χ4n) is 1.76. The zero-order valence-corrected chi connectivity index (χ0v) is 9.83. The van der Waals surface area contributed by atoms with Crippen molar-refractivity contribution in [3.05, 3.63) is 22.3 Å². The van der Waals surface area contributed by atoms with Gasteiger partial charge in [-0.3, -0.25) is 0 Å². The summed E-state index contributed by atoms with van der Waals surface area (Å²) in [6, 6.07) is 3.83. The summed E-state index contributed by atoms with van der Waals surface area (Å²) in [6.45, 7) is 0. The summed E-state index contributed by atoms with van der Waals surface area (Å²) in [4.78, 5) is 4.12. The Morgan fingerprint density at radius 2 is 2.20 bits per heavy atom. The normalized spacial score (nSPS) is 16.3. The molecule has 1 aromatic rings. The van der Waals surface area contributed by atoms with Crippen LogP contribution in [0.25, 0.3) is 0 Å². The van der Waals surface area contributed by atoms with E-state index in [4.69, 9.17) is 10.00 Å². The van der Waals surface area contributed by atoms with E-state index in [1.54, 1.807) is 12.3 Å². The molecule has 0 saturated heterocycles. The number of ether oxygens (including phenoxy) is 1. The Morgan fingerprint density at radius 3 is 2.87 bits per heavy atom. The molecule has 0 aliphatic heterocycles. The van der Waals surface area contributed by atoms with Gasteiger partial charge in [0.25, 0.3) is 0 Å². The molecule has 4 heteroatoms. The zero-order chi connectivity index (χ0) is 10.7. The number of hydrogen-bond acceptors (Lipinski definition) is 3. The van der Waals surface area contributed by atoms with Crippen LogP contribution in [0.4, 0.5) is 0 Å². The van der Waals surface area contributed by atoms with E-state index in [2.05, 4.69) is 27.0 Å². The van der Waals surface area contributed by atoms with Crippen LogP contribution in [0.2, 0.25) is 0 Å².